The molecule has 0 heterocycles. The van der Waals surface area contributed by atoms with E-state index >= 15 is 0 Å². The van der Waals surface area contributed by atoms with E-state index in [9.17, 15) is 9.59 Å². The SMILES string of the molecule is CNc1ccc(CC(=O)c2cc(NC(=O)C3C(c4ccc(Br)c(Cl)c4)C3(Cl)Cl)ccc2Cl)c(C)c1. The third-order valence-electron chi connectivity index (χ3n) is 6.16. The van der Waals surface area contributed by atoms with Crippen molar-refractivity contribution in [2.24, 2.45) is 5.92 Å². The van der Waals surface area contributed by atoms with E-state index in [1.54, 1.807) is 30.3 Å². The summed E-state index contributed by atoms with van der Waals surface area (Å²) in [4.78, 5) is 26.1. The first kappa shape index (κ1) is 26.3. The number of aryl methyl sites for hydroxylation is 1. The summed E-state index contributed by atoms with van der Waals surface area (Å²) in [6.45, 7) is 1.96. The molecular weight excluding hydrogens is 594 g/mol. The van der Waals surface area contributed by atoms with E-state index in [1.165, 1.54) is 0 Å². The van der Waals surface area contributed by atoms with Gasteiger partial charge >= 0.3 is 0 Å². The van der Waals surface area contributed by atoms with Gasteiger partial charge in [0.25, 0.3) is 0 Å². The van der Waals surface area contributed by atoms with Gasteiger partial charge in [0.15, 0.2) is 5.78 Å². The van der Waals surface area contributed by atoms with Gasteiger partial charge in [-0.3, -0.25) is 9.59 Å². The highest BCUT2D eigenvalue weighted by molar-refractivity contribution is 9.10. The van der Waals surface area contributed by atoms with Gasteiger partial charge in [0.1, 0.15) is 4.33 Å². The third kappa shape index (κ3) is 5.50. The summed E-state index contributed by atoms with van der Waals surface area (Å²) < 4.78 is -0.519. The van der Waals surface area contributed by atoms with Gasteiger partial charge < -0.3 is 10.6 Å². The number of nitrogens with one attached hydrogen (secondary N) is 2. The largest absolute Gasteiger partial charge is 0.388 e. The quantitative estimate of drug-likeness (QED) is 0.209. The van der Waals surface area contributed by atoms with Crippen molar-refractivity contribution in [3.8, 4) is 0 Å². The maximum Gasteiger partial charge on any atom is 0.231 e. The monoisotopic (exact) mass is 612 g/mol. The topological polar surface area (TPSA) is 58.2 Å². The molecule has 1 fully saturated rings. The van der Waals surface area contributed by atoms with Gasteiger partial charge in [-0.15, -0.1) is 23.2 Å². The zero-order valence-electron chi connectivity index (χ0n) is 18.8. The number of rotatable bonds is 7. The number of amides is 1. The minimum absolute atomic E-state index is 0.149. The van der Waals surface area contributed by atoms with Gasteiger partial charge in [-0.05, 0) is 82.0 Å². The molecule has 1 saturated carbocycles. The van der Waals surface area contributed by atoms with Crippen LogP contribution in [0.3, 0.4) is 0 Å². The Kier molecular flexibility index (Phi) is 7.75. The molecule has 0 aromatic heterocycles. The number of hydrogen-bond donors (Lipinski definition) is 2. The fourth-order valence-corrected chi connectivity index (χ4v) is 5.61. The Hall–Kier alpha value is -1.76. The summed E-state index contributed by atoms with van der Waals surface area (Å²) in [6.07, 6.45) is 0.189. The van der Waals surface area contributed by atoms with Crippen LogP contribution in [0, 0.1) is 12.8 Å². The van der Waals surface area contributed by atoms with E-state index in [1.807, 2.05) is 38.2 Å². The Morgan fingerprint density at radius 2 is 1.69 bits per heavy atom. The molecule has 0 saturated heterocycles. The standard InChI is InChI=1S/C26H21BrCl4N2O2/c1-13-9-16(32-2)5-3-14(13)11-22(34)18-12-17(6-8-20(18)28)33-25(35)24-23(26(24,30)31)15-4-7-19(27)21(29)10-15/h3-10,12,23-24,32H,11H2,1-2H3,(H,33,35). The molecule has 4 nitrogen and oxygen atoms in total. The molecule has 3 aromatic carbocycles. The molecule has 2 unspecified atom stereocenters. The van der Waals surface area contributed by atoms with Crippen molar-refractivity contribution < 1.29 is 9.59 Å². The average molecular weight is 615 g/mol. The molecule has 0 bridgehead atoms. The van der Waals surface area contributed by atoms with Crippen molar-refractivity contribution in [1.29, 1.82) is 0 Å². The van der Waals surface area contributed by atoms with Crippen molar-refractivity contribution in [3.63, 3.8) is 0 Å². The predicted molar refractivity (Wildman–Crippen MR) is 149 cm³/mol. The van der Waals surface area contributed by atoms with Crippen molar-refractivity contribution in [3.05, 3.63) is 91.4 Å². The smallest absolute Gasteiger partial charge is 0.231 e. The number of Topliss-reactive ketones (excluding diaryl/α,β-unsaturated/α-hetero) is 1. The van der Waals surface area contributed by atoms with Gasteiger partial charge in [0.2, 0.25) is 5.91 Å². The number of halogens is 5. The fraction of sp³-hybridized carbons (Fsp3) is 0.231. The minimum Gasteiger partial charge on any atom is -0.388 e. The number of hydrogen-bond acceptors (Lipinski definition) is 3. The predicted octanol–water partition coefficient (Wildman–Crippen LogP) is 8.06. The fourth-order valence-electron chi connectivity index (χ4n) is 4.13. The number of anilines is 2. The lowest BCUT2D eigenvalue weighted by Crippen LogP contribution is -2.17. The van der Waals surface area contributed by atoms with Crippen LogP contribution in [-0.4, -0.2) is 23.1 Å². The van der Waals surface area contributed by atoms with Gasteiger partial charge in [-0.1, -0.05) is 35.3 Å². The van der Waals surface area contributed by atoms with Crippen molar-refractivity contribution in [2.75, 3.05) is 17.7 Å². The zero-order chi connectivity index (χ0) is 25.5. The van der Waals surface area contributed by atoms with Crippen molar-refractivity contribution >= 4 is 85.4 Å². The Balaban J connectivity index is 1.50. The summed E-state index contributed by atoms with van der Waals surface area (Å²) in [5, 5.41) is 6.73. The van der Waals surface area contributed by atoms with E-state index in [0.717, 1.165) is 26.9 Å². The average Bonchev–Trinajstić information content (AvgIpc) is 3.40. The molecule has 9 heteroatoms. The van der Waals surface area contributed by atoms with Gasteiger partial charge in [0, 0.05) is 40.8 Å². The highest BCUT2D eigenvalue weighted by atomic mass is 79.9. The Bertz CT molecular complexity index is 1330. The molecule has 182 valence electrons. The Morgan fingerprint density at radius 3 is 2.34 bits per heavy atom. The summed E-state index contributed by atoms with van der Waals surface area (Å²) in [5.74, 6) is -1.58. The van der Waals surface area contributed by atoms with Crippen LogP contribution in [0.4, 0.5) is 11.4 Å². The van der Waals surface area contributed by atoms with E-state index in [4.69, 9.17) is 46.4 Å². The van der Waals surface area contributed by atoms with Crippen LogP contribution in [0.5, 0.6) is 0 Å². The first-order valence-electron chi connectivity index (χ1n) is 10.8. The first-order chi connectivity index (χ1) is 16.5. The first-order valence-corrected chi connectivity index (χ1v) is 13.1. The highest BCUT2D eigenvalue weighted by Gasteiger charge is 2.67. The molecule has 1 aliphatic carbocycles. The van der Waals surface area contributed by atoms with Gasteiger partial charge in [-0.2, -0.15) is 0 Å². The van der Waals surface area contributed by atoms with Crippen LogP contribution in [0.15, 0.2) is 59.1 Å². The maximum absolute atomic E-state index is 13.1. The number of carbonyl (C=O) groups excluding carboxylic acids is 2. The lowest BCUT2D eigenvalue weighted by molar-refractivity contribution is -0.117. The Morgan fingerprint density at radius 1 is 0.971 bits per heavy atom. The maximum atomic E-state index is 13.1. The summed E-state index contributed by atoms with van der Waals surface area (Å²) in [5.41, 5.74) is 4.42. The van der Waals surface area contributed by atoms with Crippen LogP contribution >= 0.6 is 62.3 Å². The van der Waals surface area contributed by atoms with Gasteiger partial charge in [0.05, 0.1) is 16.0 Å². The zero-order valence-corrected chi connectivity index (χ0v) is 23.4. The molecule has 2 atom stereocenters. The molecule has 1 aliphatic rings. The summed E-state index contributed by atoms with van der Waals surface area (Å²) in [6, 6.07) is 16.0. The lowest BCUT2D eigenvalue weighted by Gasteiger charge is -2.11. The summed E-state index contributed by atoms with van der Waals surface area (Å²) in [7, 11) is 1.84. The molecule has 0 spiro atoms. The van der Waals surface area contributed by atoms with E-state index in [-0.39, 0.29) is 18.1 Å². The molecular formula is C26H21BrCl4N2O2. The van der Waals surface area contributed by atoms with E-state index < -0.39 is 16.2 Å². The molecule has 0 aliphatic heterocycles. The van der Waals surface area contributed by atoms with E-state index in [0.29, 0.717) is 21.3 Å². The lowest BCUT2D eigenvalue weighted by atomic mass is 9.98. The molecule has 3 aromatic rings. The van der Waals surface area contributed by atoms with Crippen molar-refractivity contribution in [1.82, 2.24) is 0 Å². The molecule has 2 N–H and O–H groups in total. The highest BCUT2D eigenvalue weighted by Crippen LogP contribution is 2.65. The second-order valence-electron chi connectivity index (χ2n) is 8.48. The Labute approximate surface area is 232 Å². The van der Waals surface area contributed by atoms with Crippen LogP contribution in [-0.2, 0) is 11.2 Å². The van der Waals surface area contributed by atoms with Gasteiger partial charge in [-0.25, -0.2) is 0 Å². The molecule has 4 rings (SSSR count). The second kappa shape index (κ2) is 10.3. The van der Waals surface area contributed by atoms with E-state index in [2.05, 4.69) is 26.6 Å². The minimum atomic E-state index is -1.26. The number of ketones is 1. The van der Waals surface area contributed by atoms with Crippen LogP contribution in [0.25, 0.3) is 0 Å². The molecule has 0 radical (unpaired) electrons. The normalized spacial score (nSPS) is 18.1. The molecule has 1 amide bonds. The molecule has 35 heavy (non-hydrogen) atoms. The van der Waals surface area contributed by atoms with Crippen LogP contribution < -0.4 is 10.6 Å². The number of carbonyl (C=O) groups is 2. The number of alkyl halides is 2. The summed E-state index contributed by atoms with van der Waals surface area (Å²) >= 11 is 28.8. The second-order valence-corrected chi connectivity index (χ2v) is 11.6. The third-order valence-corrected chi connectivity index (χ3v) is 8.66. The number of benzene rings is 3. The van der Waals surface area contributed by atoms with Crippen molar-refractivity contribution in [2.45, 2.75) is 23.6 Å². The van der Waals surface area contributed by atoms with Crippen LogP contribution in [0.1, 0.15) is 33.0 Å². The van der Waals surface area contributed by atoms with Crippen LogP contribution in [0.2, 0.25) is 10.0 Å².